The van der Waals surface area contributed by atoms with Crippen LogP contribution in [0.1, 0.15) is 18.9 Å². The van der Waals surface area contributed by atoms with Gasteiger partial charge in [-0.05, 0) is 24.5 Å². The summed E-state index contributed by atoms with van der Waals surface area (Å²) in [6.07, 6.45) is 0.710. The maximum absolute atomic E-state index is 12.8. The van der Waals surface area contributed by atoms with Crippen LogP contribution in [-0.4, -0.2) is 62.2 Å². The van der Waals surface area contributed by atoms with E-state index in [4.69, 9.17) is 4.74 Å². The molecule has 142 valence electrons. The number of hydrogen-bond acceptors (Lipinski definition) is 6. The molecule has 0 aromatic heterocycles. The van der Waals surface area contributed by atoms with Gasteiger partial charge in [-0.15, -0.1) is 0 Å². The Balaban J connectivity index is 1.88. The zero-order chi connectivity index (χ0) is 18.9. The van der Waals surface area contributed by atoms with Gasteiger partial charge in [-0.3, -0.25) is 9.69 Å². The first-order chi connectivity index (χ1) is 12.2. The van der Waals surface area contributed by atoms with Crippen LogP contribution in [0.2, 0.25) is 0 Å². The zero-order valence-electron chi connectivity index (χ0n) is 14.8. The molecule has 9 heteroatoms. The molecule has 0 saturated carbocycles. The Morgan fingerprint density at radius 2 is 2.15 bits per heavy atom. The van der Waals surface area contributed by atoms with Crippen molar-refractivity contribution in [2.24, 2.45) is 0 Å². The van der Waals surface area contributed by atoms with Gasteiger partial charge in [0.25, 0.3) is 0 Å². The summed E-state index contributed by atoms with van der Waals surface area (Å²) in [5.74, 6) is -0.232. The number of benzene rings is 1. The number of ether oxygens (including phenoxy) is 1. The Morgan fingerprint density at radius 3 is 2.85 bits per heavy atom. The summed E-state index contributed by atoms with van der Waals surface area (Å²) < 4.78 is 30.8. The molecule has 8 nitrogen and oxygen atoms in total. The quantitative estimate of drug-likeness (QED) is 0.797. The van der Waals surface area contributed by atoms with Crippen LogP contribution in [0.5, 0.6) is 0 Å². The molecule has 1 unspecified atom stereocenters. The molecule has 1 saturated heterocycles. The molecule has 0 bridgehead atoms. The molecule has 2 heterocycles. The summed E-state index contributed by atoms with van der Waals surface area (Å²) in [5.41, 5.74) is 1.89. The van der Waals surface area contributed by atoms with Crippen molar-refractivity contribution in [3.63, 3.8) is 0 Å². The van der Waals surface area contributed by atoms with E-state index in [1.54, 1.807) is 0 Å². The number of para-hydroxylation sites is 1. The van der Waals surface area contributed by atoms with Crippen LogP contribution >= 0.6 is 0 Å². The summed E-state index contributed by atoms with van der Waals surface area (Å²) in [7, 11) is -3.62. The average molecular weight is 381 g/mol. The maximum atomic E-state index is 12.8. The lowest BCUT2D eigenvalue weighted by atomic mass is 10.0. The Hall–Kier alpha value is -2.29. The monoisotopic (exact) mass is 381 g/mol. The second-order valence-corrected chi connectivity index (χ2v) is 9.09. The molecule has 26 heavy (non-hydrogen) atoms. The van der Waals surface area contributed by atoms with E-state index < -0.39 is 26.9 Å². The van der Waals surface area contributed by atoms with Gasteiger partial charge < -0.3 is 15.4 Å². The highest BCUT2D eigenvalue weighted by atomic mass is 32.2. The fourth-order valence-electron chi connectivity index (χ4n) is 3.53. The minimum absolute atomic E-state index is 0.0881. The van der Waals surface area contributed by atoms with E-state index in [-0.39, 0.29) is 32.0 Å². The molecule has 0 aliphatic carbocycles. The van der Waals surface area contributed by atoms with Gasteiger partial charge in [-0.25, -0.2) is 13.2 Å². The first kappa shape index (κ1) is 18.5. The van der Waals surface area contributed by atoms with Gasteiger partial charge in [0.05, 0.1) is 19.6 Å². The second-order valence-electron chi connectivity index (χ2n) is 6.78. The maximum Gasteiger partial charge on any atom is 0.411 e. The third-order valence-corrected chi connectivity index (χ3v) is 6.94. The molecule has 1 aromatic carbocycles. The minimum atomic E-state index is -3.62. The Morgan fingerprint density at radius 1 is 1.42 bits per heavy atom. The smallest absolute Gasteiger partial charge is 0.411 e. The predicted octanol–water partition coefficient (Wildman–Crippen LogP) is 0.742. The first-order valence-electron chi connectivity index (χ1n) is 8.47. The standard InChI is InChI=1S/C17H23N3O5S/c1-12(21)18-9-14-10-20(16(22)25-14)17(26(2,23)24)8-7-13-5-3-4-6-15(13)19-11-17/h3-6,14,19H,7-11H2,1-2H3,(H,18,21)/t14-,17?/m0/s1. The number of hydrogen-bond donors (Lipinski definition) is 2. The number of carbonyl (C=O) groups excluding carboxylic acids is 2. The van der Waals surface area contributed by atoms with E-state index in [2.05, 4.69) is 10.6 Å². The van der Waals surface area contributed by atoms with Crippen LogP contribution in [0.3, 0.4) is 0 Å². The summed E-state index contributed by atoms with van der Waals surface area (Å²) in [6.45, 7) is 1.74. The summed E-state index contributed by atoms with van der Waals surface area (Å²) in [5, 5.41) is 5.79. The van der Waals surface area contributed by atoms with Crippen molar-refractivity contribution in [3.8, 4) is 0 Å². The number of cyclic esters (lactones) is 1. The Labute approximate surface area is 152 Å². The van der Waals surface area contributed by atoms with Gasteiger partial charge in [-0.1, -0.05) is 18.2 Å². The van der Waals surface area contributed by atoms with Gasteiger partial charge in [0, 0.05) is 18.9 Å². The molecule has 2 amide bonds. The molecular formula is C17H23N3O5S. The van der Waals surface area contributed by atoms with Gasteiger partial charge >= 0.3 is 6.09 Å². The molecule has 1 aromatic rings. The van der Waals surface area contributed by atoms with Crippen LogP contribution in [0.25, 0.3) is 0 Å². The number of nitrogens with zero attached hydrogens (tertiary/aromatic N) is 1. The van der Waals surface area contributed by atoms with Crippen LogP contribution in [0.4, 0.5) is 10.5 Å². The number of carbonyl (C=O) groups is 2. The largest absolute Gasteiger partial charge is 0.442 e. The molecule has 0 radical (unpaired) electrons. The van der Waals surface area contributed by atoms with Crippen molar-refractivity contribution in [2.75, 3.05) is 31.2 Å². The molecule has 2 aliphatic heterocycles. The van der Waals surface area contributed by atoms with Gasteiger partial charge in [0.15, 0.2) is 14.7 Å². The molecule has 0 spiro atoms. The molecule has 2 N–H and O–H groups in total. The second kappa shape index (κ2) is 6.79. The normalized spacial score (nSPS) is 25.7. The van der Waals surface area contributed by atoms with Crippen LogP contribution in [0.15, 0.2) is 24.3 Å². The lowest BCUT2D eigenvalue weighted by Crippen LogP contribution is -2.58. The van der Waals surface area contributed by atoms with Gasteiger partial charge in [-0.2, -0.15) is 0 Å². The summed E-state index contributed by atoms with van der Waals surface area (Å²) >= 11 is 0. The average Bonchev–Trinajstić information content (AvgIpc) is 2.82. The van der Waals surface area contributed by atoms with E-state index in [9.17, 15) is 18.0 Å². The number of anilines is 1. The third-order valence-electron chi connectivity index (χ3n) is 4.99. The number of aryl methyl sites for hydroxylation is 1. The summed E-state index contributed by atoms with van der Waals surface area (Å²) in [6, 6.07) is 7.63. The van der Waals surface area contributed by atoms with E-state index in [0.717, 1.165) is 17.5 Å². The van der Waals surface area contributed by atoms with Crippen molar-refractivity contribution in [2.45, 2.75) is 30.7 Å². The molecular weight excluding hydrogens is 358 g/mol. The number of fused-ring (bicyclic) bond motifs is 1. The van der Waals surface area contributed by atoms with Gasteiger partial charge in [0.1, 0.15) is 6.10 Å². The predicted molar refractivity (Wildman–Crippen MR) is 96.5 cm³/mol. The lowest BCUT2D eigenvalue weighted by molar-refractivity contribution is -0.119. The number of nitrogens with one attached hydrogen (secondary N) is 2. The highest BCUT2D eigenvalue weighted by Crippen LogP contribution is 2.36. The first-order valence-corrected chi connectivity index (χ1v) is 10.4. The number of amides is 2. The molecule has 2 atom stereocenters. The minimum Gasteiger partial charge on any atom is -0.442 e. The fraction of sp³-hybridized carbons (Fsp3) is 0.529. The van der Waals surface area contributed by atoms with E-state index in [0.29, 0.717) is 6.42 Å². The molecule has 3 rings (SSSR count). The van der Waals surface area contributed by atoms with Crippen molar-refractivity contribution in [1.82, 2.24) is 10.2 Å². The van der Waals surface area contributed by atoms with Crippen molar-refractivity contribution < 1.29 is 22.7 Å². The zero-order valence-corrected chi connectivity index (χ0v) is 15.6. The van der Waals surface area contributed by atoms with E-state index in [1.165, 1.54) is 11.8 Å². The van der Waals surface area contributed by atoms with Gasteiger partial charge in [0.2, 0.25) is 5.91 Å². The van der Waals surface area contributed by atoms with Crippen LogP contribution in [0, 0.1) is 0 Å². The van der Waals surface area contributed by atoms with Crippen molar-refractivity contribution >= 4 is 27.5 Å². The van der Waals surface area contributed by atoms with Crippen LogP contribution < -0.4 is 10.6 Å². The highest BCUT2D eigenvalue weighted by Gasteiger charge is 2.53. The Kier molecular flexibility index (Phi) is 4.83. The number of sulfone groups is 1. The van der Waals surface area contributed by atoms with Crippen molar-refractivity contribution in [3.05, 3.63) is 29.8 Å². The van der Waals surface area contributed by atoms with E-state index in [1.807, 2.05) is 24.3 Å². The fourth-order valence-corrected chi connectivity index (χ4v) is 4.88. The van der Waals surface area contributed by atoms with E-state index >= 15 is 0 Å². The third kappa shape index (κ3) is 3.35. The molecule has 2 aliphatic rings. The lowest BCUT2D eigenvalue weighted by Gasteiger charge is -2.37. The van der Waals surface area contributed by atoms with Crippen LogP contribution in [-0.2, 0) is 25.8 Å². The summed E-state index contributed by atoms with van der Waals surface area (Å²) in [4.78, 5) is 23.5. The number of rotatable bonds is 4. The SMILES string of the molecule is CC(=O)NC[C@H]1CN(C2(S(C)(=O)=O)CCc3ccccc3NC2)C(=O)O1. The Bertz CT molecular complexity index is 796. The topological polar surface area (TPSA) is 105 Å². The highest BCUT2D eigenvalue weighted by molar-refractivity contribution is 7.92. The van der Waals surface area contributed by atoms with Crippen molar-refractivity contribution in [1.29, 1.82) is 0 Å². The molecule has 1 fully saturated rings.